The zero-order valence-corrected chi connectivity index (χ0v) is 12.2. The van der Waals surface area contributed by atoms with Gasteiger partial charge in [0.05, 0.1) is 10.6 Å². The third kappa shape index (κ3) is 3.65. The van der Waals surface area contributed by atoms with E-state index in [1.54, 1.807) is 18.4 Å². The molecule has 0 saturated carbocycles. The van der Waals surface area contributed by atoms with Crippen LogP contribution in [0.2, 0.25) is 0 Å². The Morgan fingerprint density at radius 1 is 1.43 bits per heavy atom. The van der Waals surface area contributed by atoms with Crippen molar-refractivity contribution in [3.05, 3.63) is 45.4 Å². The molecule has 4 N–H and O–H groups in total. The number of rotatable bonds is 5. The van der Waals surface area contributed by atoms with Gasteiger partial charge in [0.1, 0.15) is 5.69 Å². The van der Waals surface area contributed by atoms with Gasteiger partial charge in [-0.05, 0) is 37.2 Å². The number of carboxylic acids is 1. The van der Waals surface area contributed by atoms with E-state index < -0.39 is 5.97 Å². The lowest BCUT2D eigenvalue weighted by molar-refractivity contribution is 0.0696. The molecule has 2 rings (SSSR count). The van der Waals surface area contributed by atoms with Gasteiger partial charge in [-0.15, -0.1) is 11.3 Å². The van der Waals surface area contributed by atoms with Crippen LogP contribution in [0.3, 0.4) is 0 Å². The number of aromatic carboxylic acids is 1. The summed E-state index contributed by atoms with van der Waals surface area (Å²) in [6, 6.07) is 4.54. The molecule has 1 amide bonds. The van der Waals surface area contributed by atoms with Crippen molar-refractivity contribution in [3.8, 4) is 0 Å². The number of nitrogens with zero attached hydrogens (tertiary/aromatic N) is 1. The second-order valence-electron chi connectivity index (χ2n) is 4.45. The van der Waals surface area contributed by atoms with E-state index in [1.165, 1.54) is 23.5 Å². The Morgan fingerprint density at radius 2 is 2.19 bits per heavy atom. The maximum Gasteiger partial charge on any atom is 0.335 e. The molecule has 7 heteroatoms. The van der Waals surface area contributed by atoms with Crippen molar-refractivity contribution in [2.24, 2.45) is 5.73 Å². The van der Waals surface area contributed by atoms with E-state index in [2.05, 4.69) is 10.3 Å². The predicted molar refractivity (Wildman–Crippen MR) is 81.0 cm³/mol. The maximum absolute atomic E-state index is 12.1. The molecule has 0 radical (unpaired) electrons. The fourth-order valence-electron chi connectivity index (χ4n) is 1.78. The second kappa shape index (κ2) is 6.47. The zero-order valence-electron chi connectivity index (χ0n) is 11.4. The second-order valence-corrected chi connectivity index (χ2v) is 5.40. The molecule has 0 aliphatic heterocycles. The fraction of sp³-hybridized carbons (Fsp3) is 0.214. The topological polar surface area (TPSA) is 105 Å². The van der Waals surface area contributed by atoms with Crippen LogP contribution in [0.4, 0.5) is 5.69 Å². The highest BCUT2D eigenvalue weighted by molar-refractivity contribution is 7.09. The van der Waals surface area contributed by atoms with E-state index in [9.17, 15) is 9.59 Å². The number of benzene rings is 1. The quantitative estimate of drug-likeness (QED) is 0.782. The molecule has 1 heterocycles. The van der Waals surface area contributed by atoms with E-state index in [0.717, 1.165) is 5.01 Å². The number of anilines is 1. The van der Waals surface area contributed by atoms with E-state index >= 15 is 0 Å². The summed E-state index contributed by atoms with van der Waals surface area (Å²) in [5.74, 6) is -1.32. The average molecular weight is 305 g/mol. The summed E-state index contributed by atoms with van der Waals surface area (Å²) in [5.41, 5.74) is 7.22. The number of hydrogen-bond donors (Lipinski definition) is 3. The molecule has 0 bridgehead atoms. The molecule has 0 aliphatic carbocycles. The zero-order chi connectivity index (χ0) is 15.4. The number of carboxylic acid groups (broad SMARTS) is 1. The van der Waals surface area contributed by atoms with Crippen LogP contribution < -0.4 is 11.1 Å². The highest BCUT2D eigenvalue weighted by atomic mass is 32.1. The lowest BCUT2D eigenvalue weighted by atomic mass is 10.1. The number of hydrogen-bond acceptors (Lipinski definition) is 5. The average Bonchev–Trinajstić information content (AvgIpc) is 2.90. The molecule has 0 saturated heterocycles. The van der Waals surface area contributed by atoms with E-state index in [4.69, 9.17) is 10.8 Å². The lowest BCUT2D eigenvalue weighted by Gasteiger charge is -2.07. The van der Waals surface area contributed by atoms with Gasteiger partial charge in [0.25, 0.3) is 5.91 Å². The van der Waals surface area contributed by atoms with Crippen molar-refractivity contribution >= 4 is 28.9 Å². The van der Waals surface area contributed by atoms with Gasteiger partial charge in [-0.25, -0.2) is 9.78 Å². The van der Waals surface area contributed by atoms with Crippen molar-refractivity contribution < 1.29 is 14.7 Å². The van der Waals surface area contributed by atoms with Gasteiger partial charge in [0.15, 0.2) is 0 Å². The number of carbonyl (C=O) groups excluding carboxylic acids is 1. The first kappa shape index (κ1) is 15.1. The van der Waals surface area contributed by atoms with Crippen LogP contribution in [0.1, 0.15) is 31.4 Å². The molecular formula is C14H15N3O3S. The highest BCUT2D eigenvalue weighted by Crippen LogP contribution is 2.18. The Bertz CT molecular complexity index is 682. The molecule has 0 spiro atoms. The molecule has 0 aliphatic rings. The first-order chi connectivity index (χ1) is 10.0. The number of aromatic nitrogens is 1. The molecule has 6 nitrogen and oxygen atoms in total. The largest absolute Gasteiger partial charge is 0.478 e. The number of nitrogens with two attached hydrogens (primary N) is 1. The molecule has 0 unspecified atom stereocenters. The molecule has 0 atom stereocenters. The molecule has 21 heavy (non-hydrogen) atoms. The first-order valence-corrected chi connectivity index (χ1v) is 7.19. The monoisotopic (exact) mass is 305 g/mol. The molecular weight excluding hydrogens is 290 g/mol. The van der Waals surface area contributed by atoms with Crippen LogP contribution in [0.15, 0.2) is 23.6 Å². The van der Waals surface area contributed by atoms with Crippen LogP contribution in [0.25, 0.3) is 0 Å². The molecule has 0 fully saturated rings. The summed E-state index contributed by atoms with van der Waals surface area (Å²) < 4.78 is 0. The number of thiazole rings is 1. The summed E-state index contributed by atoms with van der Waals surface area (Å²) >= 11 is 1.39. The van der Waals surface area contributed by atoms with Crippen molar-refractivity contribution in [3.63, 3.8) is 0 Å². The standard InChI is InChI=1S/C14H15N3O3S/c1-8-6-9(14(19)20)2-3-10(8)17-13(18)11-7-21-12(16-11)4-5-15/h2-3,6-7H,4-5,15H2,1H3,(H,17,18)(H,19,20). The minimum Gasteiger partial charge on any atom is -0.478 e. The van der Waals surface area contributed by atoms with Gasteiger partial charge in [-0.2, -0.15) is 0 Å². The predicted octanol–water partition coefficient (Wildman–Crippen LogP) is 1.90. The smallest absolute Gasteiger partial charge is 0.335 e. The van der Waals surface area contributed by atoms with Crippen molar-refractivity contribution in [1.29, 1.82) is 0 Å². The number of carbonyl (C=O) groups is 2. The van der Waals surface area contributed by atoms with Gasteiger partial charge in [-0.3, -0.25) is 4.79 Å². The van der Waals surface area contributed by atoms with Gasteiger partial charge >= 0.3 is 5.97 Å². The van der Waals surface area contributed by atoms with Gasteiger partial charge in [-0.1, -0.05) is 0 Å². The van der Waals surface area contributed by atoms with Crippen LogP contribution in [0.5, 0.6) is 0 Å². The SMILES string of the molecule is Cc1cc(C(=O)O)ccc1NC(=O)c1csc(CCN)n1. The van der Waals surface area contributed by atoms with E-state index in [1.807, 2.05) is 0 Å². The molecule has 110 valence electrons. The third-order valence-corrected chi connectivity index (χ3v) is 3.77. The van der Waals surface area contributed by atoms with Crippen molar-refractivity contribution in [2.45, 2.75) is 13.3 Å². The van der Waals surface area contributed by atoms with Gasteiger partial charge < -0.3 is 16.2 Å². The normalized spacial score (nSPS) is 10.4. The Morgan fingerprint density at radius 3 is 2.81 bits per heavy atom. The van der Waals surface area contributed by atoms with E-state index in [-0.39, 0.29) is 11.5 Å². The van der Waals surface area contributed by atoms with Crippen LogP contribution in [0, 0.1) is 6.92 Å². The van der Waals surface area contributed by atoms with Gasteiger partial charge in [0.2, 0.25) is 0 Å². The van der Waals surface area contributed by atoms with Crippen molar-refractivity contribution in [1.82, 2.24) is 4.98 Å². The van der Waals surface area contributed by atoms with Gasteiger partial charge in [0, 0.05) is 17.5 Å². The summed E-state index contributed by atoms with van der Waals surface area (Å²) in [4.78, 5) is 27.2. The van der Waals surface area contributed by atoms with E-state index in [0.29, 0.717) is 29.9 Å². The maximum atomic E-state index is 12.1. The summed E-state index contributed by atoms with van der Waals surface area (Å²) in [6.45, 7) is 2.23. The number of aryl methyl sites for hydroxylation is 1. The fourth-order valence-corrected chi connectivity index (χ4v) is 2.57. The molecule has 2 aromatic rings. The van der Waals surface area contributed by atoms with Crippen LogP contribution in [-0.4, -0.2) is 28.5 Å². The molecule has 1 aromatic heterocycles. The Labute approximate surface area is 125 Å². The number of nitrogens with one attached hydrogen (secondary N) is 1. The summed E-state index contributed by atoms with van der Waals surface area (Å²) in [5, 5.41) is 14.1. The van der Waals surface area contributed by atoms with Crippen molar-refractivity contribution in [2.75, 3.05) is 11.9 Å². The first-order valence-electron chi connectivity index (χ1n) is 6.31. The lowest BCUT2D eigenvalue weighted by Crippen LogP contribution is -2.14. The highest BCUT2D eigenvalue weighted by Gasteiger charge is 2.13. The Balaban J connectivity index is 2.13. The summed E-state index contributed by atoms with van der Waals surface area (Å²) in [6.07, 6.45) is 0.643. The summed E-state index contributed by atoms with van der Waals surface area (Å²) in [7, 11) is 0. The van der Waals surface area contributed by atoms with Crippen LogP contribution in [-0.2, 0) is 6.42 Å². The molecule has 1 aromatic carbocycles. The minimum atomic E-state index is -0.998. The number of amides is 1. The Hall–Kier alpha value is -2.25. The Kier molecular flexibility index (Phi) is 4.66. The third-order valence-electron chi connectivity index (χ3n) is 2.86. The minimum absolute atomic E-state index is 0.185. The van der Waals surface area contributed by atoms with Crippen LogP contribution >= 0.6 is 11.3 Å².